The standard InChI is InChI=1S/C20H21ClN2O2/c1-11-6-12(2)8-15(7-11)22-19(24)16-10-17(16)20(25)23-18-5-4-14(21)9-13(18)3/h4-9,16-17H,10H2,1-3H3,(H,22,24)(H,23,25). The van der Waals surface area contributed by atoms with Gasteiger partial charge in [-0.25, -0.2) is 0 Å². The fraction of sp³-hybridized carbons (Fsp3) is 0.300. The lowest BCUT2D eigenvalue weighted by Gasteiger charge is -2.09. The second-order valence-electron chi connectivity index (χ2n) is 6.76. The quantitative estimate of drug-likeness (QED) is 0.848. The van der Waals surface area contributed by atoms with Crippen molar-refractivity contribution in [2.24, 2.45) is 11.8 Å². The second kappa shape index (κ2) is 6.89. The molecule has 0 bridgehead atoms. The molecular weight excluding hydrogens is 336 g/mol. The topological polar surface area (TPSA) is 58.2 Å². The van der Waals surface area contributed by atoms with E-state index >= 15 is 0 Å². The predicted molar refractivity (Wildman–Crippen MR) is 101 cm³/mol. The Morgan fingerprint density at radius 2 is 1.52 bits per heavy atom. The molecule has 2 aromatic carbocycles. The van der Waals surface area contributed by atoms with Crippen LogP contribution >= 0.6 is 11.6 Å². The molecule has 3 rings (SSSR count). The maximum Gasteiger partial charge on any atom is 0.228 e. The molecule has 0 saturated heterocycles. The Bertz CT molecular complexity index is 827. The Morgan fingerprint density at radius 1 is 0.920 bits per heavy atom. The van der Waals surface area contributed by atoms with Crippen LogP contribution in [0.2, 0.25) is 5.02 Å². The molecule has 2 unspecified atom stereocenters. The van der Waals surface area contributed by atoms with Gasteiger partial charge in [-0.05, 0) is 74.2 Å². The summed E-state index contributed by atoms with van der Waals surface area (Å²) in [5, 5.41) is 6.44. The van der Waals surface area contributed by atoms with Crippen molar-refractivity contribution in [3.05, 3.63) is 58.1 Å². The Hall–Kier alpha value is -2.33. The summed E-state index contributed by atoms with van der Waals surface area (Å²) in [6.07, 6.45) is 0.578. The first-order valence-electron chi connectivity index (χ1n) is 8.29. The Labute approximate surface area is 152 Å². The van der Waals surface area contributed by atoms with Gasteiger partial charge in [-0.3, -0.25) is 9.59 Å². The molecule has 1 aliphatic carbocycles. The number of nitrogens with one attached hydrogen (secondary N) is 2. The molecule has 2 atom stereocenters. The number of carbonyl (C=O) groups is 2. The molecule has 0 aliphatic heterocycles. The number of anilines is 2. The average molecular weight is 357 g/mol. The van der Waals surface area contributed by atoms with Gasteiger partial charge in [0.15, 0.2) is 0 Å². The molecule has 2 N–H and O–H groups in total. The van der Waals surface area contributed by atoms with Crippen molar-refractivity contribution in [1.82, 2.24) is 0 Å². The second-order valence-corrected chi connectivity index (χ2v) is 7.20. The molecule has 4 nitrogen and oxygen atoms in total. The van der Waals surface area contributed by atoms with Crippen LogP contribution in [0, 0.1) is 32.6 Å². The van der Waals surface area contributed by atoms with Crippen LogP contribution in [0.15, 0.2) is 36.4 Å². The molecule has 0 radical (unpaired) electrons. The third-order valence-corrected chi connectivity index (χ3v) is 4.63. The monoisotopic (exact) mass is 356 g/mol. The highest BCUT2D eigenvalue weighted by molar-refractivity contribution is 6.30. The van der Waals surface area contributed by atoms with Crippen LogP contribution in [0.4, 0.5) is 11.4 Å². The van der Waals surface area contributed by atoms with Crippen molar-refractivity contribution in [2.45, 2.75) is 27.2 Å². The van der Waals surface area contributed by atoms with Gasteiger partial charge in [-0.15, -0.1) is 0 Å². The summed E-state index contributed by atoms with van der Waals surface area (Å²) < 4.78 is 0. The van der Waals surface area contributed by atoms with Gasteiger partial charge < -0.3 is 10.6 Å². The molecule has 0 heterocycles. The van der Waals surface area contributed by atoms with Crippen molar-refractivity contribution < 1.29 is 9.59 Å². The molecule has 0 spiro atoms. The lowest BCUT2D eigenvalue weighted by molar-refractivity contribution is -0.122. The fourth-order valence-corrected chi connectivity index (χ4v) is 3.28. The average Bonchev–Trinajstić information content (AvgIpc) is 3.29. The number of benzene rings is 2. The maximum absolute atomic E-state index is 12.4. The number of halogens is 1. The Kier molecular flexibility index (Phi) is 4.82. The summed E-state index contributed by atoms with van der Waals surface area (Å²) in [7, 11) is 0. The minimum absolute atomic E-state index is 0.0991. The molecule has 5 heteroatoms. The highest BCUT2D eigenvalue weighted by Gasteiger charge is 2.48. The smallest absolute Gasteiger partial charge is 0.228 e. The van der Waals surface area contributed by atoms with Crippen LogP contribution in [0.25, 0.3) is 0 Å². The molecule has 25 heavy (non-hydrogen) atoms. The van der Waals surface area contributed by atoms with Crippen molar-refractivity contribution in [1.29, 1.82) is 0 Å². The minimum atomic E-state index is -0.277. The zero-order chi connectivity index (χ0) is 18.1. The van der Waals surface area contributed by atoms with E-state index < -0.39 is 0 Å². The summed E-state index contributed by atoms with van der Waals surface area (Å²) >= 11 is 5.93. The third-order valence-electron chi connectivity index (χ3n) is 4.40. The van der Waals surface area contributed by atoms with E-state index in [2.05, 4.69) is 16.7 Å². The molecule has 2 amide bonds. The van der Waals surface area contributed by atoms with E-state index in [1.54, 1.807) is 18.2 Å². The van der Waals surface area contributed by atoms with Crippen LogP contribution in [0.1, 0.15) is 23.1 Å². The molecule has 1 saturated carbocycles. The Balaban J connectivity index is 1.59. The first kappa shape index (κ1) is 17.5. The van der Waals surface area contributed by atoms with Crippen LogP contribution in [0.5, 0.6) is 0 Å². The molecule has 130 valence electrons. The summed E-state index contributed by atoms with van der Waals surface area (Å²) in [6, 6.07) is 11.2. The van der Waals surface area contributed by atoms with Crippen LogP contribution in [-0.4, -0.2) is 11.8 Å². The summed E-state index contributed by atoms with van der Waals surface area (Å²) in [4.78, 5) is 24.7. The number of amides is 2. The maximum atomic E-state index is 12.4. The van der Waals surface area contributed by atoms with E-state index in [-0.39, 0.29) is 23.7 Å². The van der Waals surface area contributed by atoms with Crippen LogP contribution in [0.3, 0.4) is 0 Å². The van der Waals surface area contributed by atoms with Crippen LogP contribution in [-0.2, 0) is 9.59 Å². The lowest BCUT2D eigenvalue weighted by Crippen LogP contribution is -2.21. The zero-order valence-electron chi connectivity index (χ0n) is 14.5. The van der Waals surface area contributed by atoms with E-state index in [9.17, 15) is 9.59 Å². The zero-order valence-corrected chi connectivity index (χ0v) is 15.3. The van der Waals surface area contributed by atoms with Gasteiger partial charge in [0.1, 0.15) is 0 Å². The van der Waals surface area contributed by atoms with Gasteiger partial charge in [0.25, 0.3) is 0 Å². The lowest BCUT2D eigenvalue weighted by atomic mass is 10.1. The molecule has 1 aliphatic rings. The summed E-state index contributed by atoms with van der Waals surface area (Å²) in [5.74, 6) is -0.765. The van der Waals surface area contributed by atoms with Gasteiger partial charge in [0.05, 0.1) is 11.8 Å². The van der Waals surface area contributed by atoms with Gasteiger partial charge in [-0.1, -0.05) is 17.7 Å². The Morgan fingerprint density at radius 3 is 2.12 bits per heavy atom. The van der Waals surface area contributed by atoms with Crippen molar-refractivity contribution in [3.8, 4) is 0 Å². The fourth-order valence-electron chi connectivity index (χ4n) is 3.05. The van der Waals surface area contributed by atoms with Gasteiger partial charge in [-0.2, -0.15) is 0 Å². The number of hydrogen-bond donors (Lipinski definition) is 2. The number of aryl methyl sites for hydroxylation is 3. The van der Waals surface area contributed by atoms with E-state index in [0.717, 1.165) is 28.1 Å². The molecule has 2 aromatic rings. The van der Waals surface area contributed by atoms with E-state index in [1.807, 2.05) is 32.9 Å². The van der Waals surface area contributed by atoms with E-state index in [1.165, 1.54) is 0 Å². The van der Waals surface area contributed by atoms with Gasteiger partial charge in [0.2, 0.25) is 11.8 Å². The number of hydrogen-bond acceptors (Lipinski definition) is 2. The highest BCUT2D eigenvalue weighted by Crippen LogP contribution is 2.40. The first-order chi connectivity index (χ1) is 11.8. The first-order valence-corrected chi connectivity index (χ1v) is 8.67. The van der Waals surface area contributed by atoms with E-state index in [0.29, 0.717) is 11.4 Å². The van der Waals surface area contributed by atoms with E-state index in [4.69, 9.17) is 11.6 Å². The SMILES string of the molecule is Cc1cc(C)cc(NC(=O)C2CC2C(=O)Nc2ccc(Cl)cc2C)c1. The van der Waals surface area contributed by atoms with Crippen LogP contribution < -0.4 is 10.6 Å². The van der Waals surface area contributed by atoms with Crippen molar-refractivity contribution >= 4 is 34.8 Å². The largest absolute Gasteiger partial charge is 0.326 e. The molecular formula is C20H21ClN2O2. The third kappa shape index (κ3) is 4.20. The minimum Gasteiger partial charge on any atom is -0.326 e. The molecule has 1 fully saturated rings. The number of rotatable bonds is 4. The normalized spacial score (nSPS) is 18.6. The highest BCUT2D eigenvalue weighted by atomic mass is 35.5. The summed E-state index contributed by atoms with van der Waals surface area (Å²) in [6.45, 7) is 5.87. The van der Waals surface area contributed by atoms with Crippen molar-refractivity contribution in [3.63, 3.8) is 0 Å². The number of carbonyl (C=O) groups excluding carboxylic acids is 2. The van der Waals surface area contributed by atoms with Gasteiger partial charge in [0, 0.05) is 16.4 Å². The predicted octanol–water partition coefficient (Wildman–Crippen LogP) is 4.48. The van der Waals surface area contributed by atoms with Gasteiger partial charge >= 0.3 is 0 Å². The molecule has 0 aromatic heterocycles. The van der Waals surface area contributed by atoms with Crippen molar-refractivity contribution in [2.75, 3.05) is 10.6 Å². The summed E-state index contributed by atoms with van der Waals surface area (Å²) in [5.41, 5.74) is 4.60.